The minimum atomic E-state index is -0.354. The SMILES string of the molecule is COCCCNC(=O)C1CCCN1c1nccc(Nc2ccccc2F)n1. The number of anilines is 3. The first-order chi connectivity index (χ1) is 13.2. The van der Waals surface area contributed by atoms with E-state index in [0.717, 1.165) is 19.3 Å². The lowest BCUT2D eigenvalue weighted by Gasteiger charge is -2.24. The number of benzene rings is 1. The molecule has 1 aliphatic heterocycles. The number of aromatic nitrogens is 2. The van der Waals surface area contributed by atoms with Crippen LogP contribution in [0, 0.1) is 5.82 Å². The van der Waals surface area contributed by atoms with E-state index in [2.05, 4.69) is 20.6 Å². The van der Waals surface area contributed by atoms with Crippen LogP contribution < -0.4 is 15.5 Å². The van der Waals surface area contributed by atoms with Crippen LogP contribution in [0.1, 0.15) is 19.3 Å². The Bertz CT molecular complexity index is 773. The first-order valence-electron chi connectivity index (χ1n) is 9.07. The lowest BCUT2D eigenvalue weighted by Crippen LogP contribution is -2.44. The van der Waals surface area contributed by atoms with E-state index in [1.165, 1.54) is 6.07 Å². The number of nitrogens with one attached hydrogen (secondary N) is 2. The molecule has 0 saturated carbocycles. The molecule has 0 spiro atoms. The molecule has 1 atom stereocenters. The van der Waals surface area contributed by atoms with Crippen molar-refractivity contribution in [1.29, 1.82) is 0 Å². The van der Waals surface area contributed by atoms with Crippen molar-refractivity contribution in [1.82, 2.24) is 15.3 Å². The number of carbonyl (C=O) groups is 1. The van der Waals surface area contributed by atoms with E-state index in [9.17, 15) is 9.18 Å². The first kappa shape index (κ1) is 19.0. The maximum absolute atomic E-state index is 13.8. The third kappa shape index (κ3) is 4.91. The van der Waals surface area contributed by atoms with Gasteiger partial charge in [0, 0.05) is 33.0 Å². The lowest BCUT2D eigenvalue weighted by atomic mass is 10.2. The van der Waals surface area contributed by atoms with Crippen molar-refractivity contribution in [2.24, 2.45) is 0 Å². The predicted octanol–water partition coefficient (Wildman–Crippen LogP) is 2.48. The molecule has 1 aromatic heterocycles. The minimum Gasteiger partial charge on any atom is -0.385 e. The van der Waals surface area contributed by atoms with Crippen LogP contribution in [0.15, 0.2) is 36.5 Å². The predicted molar refractivity (Wildman–Crippen MR) is 102 cm³/mol. The second-order valence-corrected chi connectivity index (χ2v) is 6.34. The molecule has 1 fully saturated rings. The third-order valence-electron chi connectivity index (χ3n) is 4.42. The number of para-hydroxylation sites is 1. The van der Waals surface area contributed by atoms with Gasteiger partial charge in [0.25, 0.3) is 0 Å². The van der Waals surface area contributed by atoms with Gasteiger partial charge in [-0.2, -0.15) is 4.98 Å². The van der Waals surface area contributed by atoms with Crippen LogP contribution in [-0.4, -0.2) is 48.7 Å². The highest BCUT2D eigenvalue weighted by atomic mass is 19.1. The summed E-state index contributed by atoms with van der Waals surface area (Å²) in [7, 11) is 1.64. The van der Waals surface area contributed by atoms with E-state index >= 15 is 0 Å². The second-order valence-electron chi connectivity index (χ2n) is 6.34. The van der Waals surface area contributed by atoms with E-state index in [1.54, 1.807) is 37.6 Å². The summed E-state index contributed by atoms with van der Waals surface area (Å²) in [5.74, 6) is 0.564. The van der Waals surface area contributed by atoms with E-state index in [0.29, 0.717) is 37.1 Å². The van der Waals surface area contributed by atoms with Gasteiger partial charge >= 0.3 is 0 Å². The van der Waals surface area contributed by atoms with Gasteiger partial charge in [-0.1, -0.05) is 12.1 Å². The minimum absolute atomic E-state index is 0.0281. The van der Waals surface area contributed by atoms with Gasteiger partial charge in [0.1, 0.15) is 17.7 Å². The zero-order valence-electron chi connectivity index (χ0n) is 15.3. The first-order valence-corrected chi connectivity index (χ1v) is 9.07. The van der Waals surface area contributed by atoms with Crippen LogP contribution in [0.2, 0.25) is 0 Å². The molecule has 0 radical (unpaired) electrons. The summed E-state index contributed by atoms with van der Waals surface area (Å²) in [4.78, 5) is 23.2. The van der Waals surface area contributed by atoms with E-state index in [-0.39, 0.29) is 17.8 Å². The molecule has 1 aromatic carbocycles. The fourth-order valence-corrected chi connectivity index (χ4v) is 3.08. The topological polar surface area (TPSA) is 79.4 Å². The number of nitrogens with zero attached hydrogens (tertiary/aromatic N) is 3. The van der Waals surface area contributed by atoms with Crippen molar-refractivity contribution >= 4 is 23.4 Å². The van der Waals surface area contributed by atoms with Gasteiger partial charge in [0.2, 0.25) is 11.9 Å². The number of carbonyl (C=O) groups excluding carboxylic acids is 1. The summed E-state index contributed by atoms with van der Waals surface area (Å²) in [6, 6.07) is 7.78. The van der Waals surface area contributed by atoms with E-state index < -0.39 is 0 Å². The Morgan fingerprint density at radius 1 is 1.37 bits per heavy atom. The molecule has 144 valence electrons. The molecule has 1 unspecified atom stereocenters. The lowest BCUT2D eigenvalue weighted by molar-refractivity contribution is -0.122. The zero-order valence-corrected chi connectivity index (χ0v) is 15.3. The van der Waals surface area contributed by atoms with Crippen LogP contribution >= 0.6 is 0 Å². The molecule has 27 heavy (non-hydrogen) atoms. The van der Waals surface area contributed by atoms with E-state index in [1.807, 2.05) is 4.90 Å². The second kappa shape index (κ2) is 9.27. The highest BCUT2D eigenvalue weighted by molar-refractivity contribution is 5.85. The number of ether oxygens (including phenoxy) is 1. The summed E-state index contributed by atoms with van der Waals surface area (Å²) in [6.07, 6.45) is 4.03. The van der Waals surface area contributed by atoms with Gasteiger partial charge in [-0.3, -0.25) is 4.79 Å². The molecular weight excluding hydrogens is 349 g/mol. The molecule has 0 bridgehead atoms. The highest BCUT2D eigenvalue weighted by Gasteiger charge is 2.32. The van der Waals surface area contributed by atoms with Gasteiger partial charge in [-0.15, -0.1) is 0 Å². The standard InChI is InChI=1S/C19H24FN5O2/c1-27-13-5-10-21-18(26)16-8-4-12-25(16)19-22-11-9-17(24-19)23-15-7-3-2-6-14(15)20/h2-3,6-7,9,11,16H,4-5,8,10,12-13H2,1H3,(H,21,26)(H,22,23,24). The van der Waals surface area contributed by atoms with Crippen molar-refractivity contribution < 1.29 is 13.9 Å². The average Bonchev–Trinajstić information content (AvgIpc) is 3.17. The molecule has 8 heteroatoms. The van der Waals surface area contributed by atoms with Crippen LogP contribution in [-0.2, 0) is 9.53 Å². The maximum atomic E-state index is 13.8. The summed E-state index contributed by atoms with van der Waals surface area (Å²) in [5.41, 5.74) is 0.344. The molecule has 1 amide bonds. The van der Waals surface area contributed by atoms with Crippen molar-refractivity contribution in [3.63, 3.8) is 0 Å². The third-order valence-corrected chi connectivity index (χ3v) is 4.42. The molecule has 3 rings (SSSR count). The van der Waals surface area contributed by atoms with Crippen molar-refractivity contribution in [2.75, 3.05) is 37.0 Å². The fourth-order valence-electron chi connectivity index (χ4n) is 3.08. The zero-order chi connectivity index (χ0) is 19.1. The van der Waals surface area contributed by atoms with Gasteiger partial charge in [-0.05, 0) is 37.5 Å². The summed E-state index contributed by atoms with van der Waals surface area (Å²) in [6.45, 7) is 1.90. The van der Waals surface area contributed by atoms with Gasteiger partial charge in [-0.25, -0.2) is 9.37 Å². The van der Waals surface area contributed by atoms with Crippen molar-refractivity contribution in [3.05, 3.63) is 42.3 Å². The summed E-state index contributed by atoms with van der Waals surface area (Å²) in [5, 5.41) is 5.90. The monoisotopic (exact) mass is 373 g/mol. The summed E-state index contributed by atoms with van der Waals surface area (Å²) >= 11 is 0. The van der Waals surface area contributed by atoms with E-state index in [4.69, 9.17) is 4.74 Å². The van der Waals surface area contributed by atoms with Gasteiger partial charge in [0.05, 0.1) is 5.69 Å². The molecule has 1 aliphatic rings. The van der Waals surface area contributed by atoms with Gasteiger partial charge < -0.3 is 20.3 Å². The number of halogens is 1. The Hall–Kier alpha value is -2.74. The van der Waals surface area contributed by atoms with Crippen LogP contribution in [0.4, 0.5) is 21.8 Å². The number of amides is 1. The largest absolute Gasteiger partial charge is 0.385 e. The molecule has 0 aliphatic carbocycles. The maximum Gasteiger partial charge on any atom is 0.242 e. The van der Waals surface area contributed by atoms with Gasteiger partial charge in [0.15, 0.2) is 0 Å². The molecular formula is C19H24FN5O2. The molecule has 2 N–H and O–H groups in total. The quantitative estimate of drug-likeness (QED) is 0.692. The fraction of sp³-hybridized carbons (Fsp3) is 0.421. The van der Waals surface area contributed by atoms with Crippen LogP contribution in [0.5, 0.6) is 0 Å². The normalized spacial score (nSPS) is 16.4. The van der Waals surface area contributed by atoms with Crippen LogP contribution in [0.25, 0.3) is 0 Å². The average molecular weight is 373 g/mol. The molecule has 2 heterocycles. The smallest absolute Gasteiger partial charge is 0.242 e. The Morgan fingerprint density at radius 3 is 3.04 bits per heavy atom. The molecule has 7 nitrogen and oxygen atoms in total. The highest BCUT2D eigenvalue weighted by Crippen LogP contribution is 2.25. The number of methoxy groups -OCH3 is 1. The van der Waals surface area contributed by atoms with Crippen molar-refractivity contribution in [3.8, 4) is 0 Å². The molecule has 2 aromatic rings. The molecule has 1 saturated heterocycles. The van der Waals surface area contributed by atoms with Crippen molar-refractivity contribution in [2.45, 2.75) is 25.3 Å². The number of hydrogen-bond acceptors (Lipinski definition) is 6. The number of rotatable bonds is 8. The number of hydrogen-bond donors (Lipinski definition) is 2. The summed E-state index contributed by atoms with van der Waals surface area (Å²) < 4.78 is 18.8. The Morgan fingerprint density at radius 2 is 2.22 bits per heavy atom. The Kier molecular flexibility index (Phi) is 6.54. The Labute approximate surface area is 158 Å². The van der Waals surface area contributed by atoms with Crippen LogP contribution in [0.3, 0.4) is 0 Å². The Balaban J connectivity index is 1.68.